The van der Waals surface area contributed by atoms with Crippen LogP contribution in [-0.4, -0.2) is 36.2 Å². The second-order valence-electron chi connectivity index (χ2n) is 4.89. The lowest BCUT2D eigenvalue weighted by atomic mass is 10.1. The molecule has 0 radical (unpaired) electrons. The van der Waals surface area contributed by atoms with Crippen molar-refractivity contribution >= 4 is 16.0 Å². The fourth-order valence-corrected chi connectivity index (χ4v) is 3.19. The molecule has 2 rings (SSSR count). The van der Waals surface area contributed by atoms with Crippen LogP contribution in [0, 0.1) is 6.92 Å². The van der Waals surface area contributed by atoms with E-state index in [0.29, 0.717) is 5.69 Å². The molecule has 0 bridgehead atoms. The molecule has 2 aromatic rings. The van der Waals surface area contributed by atoms with E-state index in [-0.39, 0.29) is 17.3 Å². The lowest BCUT2D eigenvalue weighted by Gasteiger charge is -2.14. The fourth-order valence-electron chi connectivity index (χ4n) is 2.05. The molecule has 0 aliphatic carbocycles. The van der Waals surface area contributed by atoms with Gasteiger partial charge in [-0.25, -0.2) is 17.9 Å². The topological polar surface area (TPSA) is 114 Å². The molecule has 1 atom stereocenters. The summed E-state index contributed by atoms with van der Waals surface area (Å²) in [4.78, 5) is 15.7. The molecule has 0 fully saturated rings. The van der Waals surface area contributed by atoms with Crippen LogP contribution in [0.1, 0.15) is 41.6 Å². The third kappa shape index (κ3) is 3.93. The van der Waals surface area contributed by atoms with Gasteiger partial charge < -0.3 is 4.74 Å². The summed E-state index contributed by atoms with van der Waals surface area (Å²) in [5.41, 5.74) is 1.41. The molecular formula is C14H18N4O4S. The molecule has 0 aromatic carbocycles. The maximum Gasteiger partial charge on any atom is 0.358 e. The van der Waals surface area contributed by atoms with E-state index in [0.717, 1.165) is 11.6 Å². The number of aromatic amines is 1. The molecular weight excluding hydrogens is 320 g/mol. The van der Waals surface area contributed by atoms with Gasteiger partial charge in [0, 0.05) is 12.3 Å². The average molecular weight is 338 g/mol. The predicted octanol–water partition coefficient (Wildman–Crippen LogP) is 1.33. The monoisotopic (exact) mass is 338 g/mol. The van der Waals surface area contributed by atoms with Crippen molar-refractivity contribution in [3.8, 4) is 0 Å². The van der Waals surface area contributed by atoms with Crippen LogP contribution in [0.4, 0.5) is 0 Å². The van der Waals surface area contributed by atoms with Gasteiger partial charge in [0.15, 0.2) is 10.7 Å². The molecule has 0 spiro atoms. The minimum absolute atomic E-state index is 0.0890. The van der Waals surface area contributed by atoms with Crippen molar-refractivity contribution in [2.45, 2.75) is 31.8 Å². The standard InChI is InChI=1S/C14H18N4O4S/c1-4-22-14(19)11-8-12(17-16-11)23(20,21)18-10(3)13-9(2)6-5-7-15-13/h5-8,10,18H,4H2,1-3H3,(H,16,17). The number of carbonyl (C=O) groups excluding carboxylic acids is 1. The first-order chi connectivity index (χ1) is 10.8. The summed E-state index contributed by atoms with van der Waals surface area (Å²) in [6.07, 6.45) is 1.60. The maximum atomic E-state index is 12.4. The van der Waals surface area contributed by atoms with Crippen molar-refractivity contribution in [3.05, 3.63) is 41.3 Å². The van der Waals surface area contributed by atoms with Crippen LogP contribution in [-0.2, 0) is 14.8 Å². The van der Waals surface area contributed by atoms with Crippen LogP contribution in [0.5, 0.6) is 0 Å². The highest BCUT2D eigenvalue weighted by molar-refractivity contribution is 7.89. The Bertz CT molecular complexity index is 801. The van der Waals surface area contributed by atoms with E-state index in [4.69, 9.17) is 4.74 Å². The van der Waals surface area contributed by atoms with Gasteiger partial charge in [0.25, 0.3) is 10.0 Å². The van der Waals surface area contributed by atoms with Crippen LogP contribution in [0.2, 0.25) is 0 Å². The highest BCUT2D eigenvalue weighted by Gasteiger charge is 2.24. The van der Waals surface area contributed by atoms with Crippen LogP contribution >= 0.6 is 0 Å². The van der Waals surface area contributed by atoms with Crippen LogP contribution in [0.25, 0.3) is 0 Å². The Labute approximate surface area is 134 Å². The Hall–Kier alpha value is -2.26. The molecule has 2 heterocycles. The lowest BCUT2D eigenvalue weighted by Crippen LogP contribution is -2.28. The Kier molecular flexibility index (Phi) is 5.12. The summed E-state index contributed by atoms with van der Waals surface area (Å²) in [7, 11) is -3.87. The Balaban J connectivity index is 2.19. The minimum atomic E-state index is -3.87. The van der Waals surface area contributed by atoms with Crippen LogP contribution < -0.4 is 4.72 Å². The summed E-state index contributed by atoms with van der Waals surface area (Å²) in [5.74, 6) is -0.682. The van der Waals surface area contributed by atoms with Crippen molar-refractivity contribution in [3.63, 3.8) is 0 Å². The first kappa shape index (κ1) is 17.1. The highest BCUT2D eigenvalue weighted by atomic mass is 32.2. The number of carbonyl (C=O) groups is 1. The smallest absolute Gasteiger partial charge is 0.358 e. The van der Waals surface area contributed by atoms with E-state index in [1.54, 1.807) is 26.1 Å². The number of sulfonamides is 1. The normalized spacial score (nSPS) is 12.8. The fraction of sp³-hybridized carbons (Fsp3) is 0.357. The number of hydrogen-bond acceptors (Lipinski definition) is 6. The molecule has 9 heteroatoms. The maximum absolute atomic E-state index is 12.4. The zero-order chi connectivity index (χ0) is 17.0. The first-order valence-electron chi connectivity index (χ1n) is 7.01. The van der Waals surface area contributed by atoms with Gasteiger partial charge in [-0.15, -0.1) is 0 Å². The highest BCUT2D eigenvalue weighted by Crippen LogP contribution is 2.17. The molecule has 0 saturated carbocycles. The van der Waals surface area contributed by atoms with Crippen molar-refractivity contribution in [2.75, 3.05) is 6.61 Å². The summed E-state index contributed by atoms with van der Waals surface area (Å²) in [6.45, 7) is 5.38. The van der Waals surface area contributed by atoms with E-state index >= 15 is 0 Å². The third-order valence-electron chi connectivity index (χ3n) is 3.12. The quantitative estimate of drug-likeness (QED) is 0.768. The largest absolute Gasteiger partial charge is 0.461 e. The number of nitrogens with one attached hydrogen (secondary N) is 2. The van der Waals surface area contributed by atoms with Gasteiger partial charge in [-0.2, -0.15) is 5.10 Å². The molecule has 0 aliphatic heterocycles. The molecule has 0 saturated heterocycles. The SMILES string of the molecule is CCOC(=O)c1cc(S(=O)(=O)NC(C)c2ncccc2C)[nH]n1. The minimum Gasteiger partial charge on any atom is -0.461 e. The van der Waals surface area contributed by atoms with E-state index in [9.17, 15) is 13.2 Å². The van der Waals surface area contributed by atoms with Gasteiger partial charge in [-0.1, -0.05) is 6.07 Å². The zero-order valence-electron chi connectivity index (χ0n) is 13.0. The third-order valence-corrected chi connectivity index (χ3v) is 4.57. The number of H-pyrrole nitrogens is 1. The molecule has 2 N–H and O–H groups in total. The number of nitrogens with zero attached hydrogens (tertiary/aromatic N) is 2. The van der Waals surface area contributed by atoms with Gasteiger partial charge in [-0.3, -0.25) is 10.1 Å². The second kappa shape index (κ2) is 6.88. The van der Waals surface area contributed by atoms with Crippen LogP contribution in [0.15, 0.2) is 29.4 Å². The Morgan fingerprint density at radius 2 is 2.22 bits per heavy atom. The summed E-state index contributed by atoms with van der Waals surface area (Å²) in [6, 6.07) is 4.23. The number of aromatic nitrogens is 3. The molecule has 1 unspecified atom stereocenters. The molecule has 2 aromatic heterocycles. The number of hydrogen-bond donors (Lipinski definition) is 2. The molecule has 0 amide bonds. The van der Waals surface area contributed by atoms with E-state index < -0.39 is 22.0 Å². The van der Waals surface area contributed by atoms with E-state index in [1.165, 1.54) is 0 Å². The number of esters is 1. The Morgan fingerprint density at radius 3 is 2.87 bits per heavy atom. The van der Waals surface area contributed by atoms with Crippen molar-refractivity contribution in [1.82, 2.24) is 19.9 Å². The van der Waals surface area contributed by atoms with Gasteiger partial charge in [0.05, 0.1) is 18.3 Å². The van der Waals surface area contributed by atoms with Crippen molar-refractivity contribution < 1.29 is 17.9 Å². The zero-order valence-corrected chi connectivity index (χ0v) is 13.8. The molecule has 23 heavy (non-hydrogen) atoms. The summed E-state index contributed by atoms with van der Waals surface area (Å²) < 4.78 is 32.0. The van der Waals surface area contributed by atoms with Crippen molar-refractivity contribution in [2.24, 2.45) is 0 Å². The Morgan fingerprint density at radius 1 is 1.48 bits per heavy atom. The second-order valence-corrected chi connectivity index (χ2v) is 6.57. The summed E-state index contributed by atoms with van der Waals surface area (Å²) >= 11 is 0. The number of pyridine rings is 1. The number of rotatable bonds is 6. The average Bonchev–Trinajstić information content (AvgIpc) is 2.98. The first-order valence-corrected chi connectivity index (χ1v) is 8.50. The van der Waals surface area contributed by atoms with Gasteiger partial charge in [-0.05, 0) is 32.4 Å². The predicted molar refractivity (Wildman–Crippen MR) is 82.3 cm³/mol. The van der Waals surface area contributed by atoms with Crippen LogP contribution in [0.3, 0.4) is 0 Å². The van der Waals surface area contributed by atoms with E-state index in [1.807, 2.05) is 13.0 Å². The molecule has 0 aliphatic rings. The summed E-state index contributed by atoms with van der Waals surface area (Å²) in [5, 5.41) is 5.79. The van der Waals surface area contributed by atoms with E-state index in [2.05, 4.69) is 19.9 Å². The van der Waals surface area contributed by atoms with Gasteiger partial charge in [0.1, 0.15) is 0 Å². The molecule has 124 valence electrons. The van der Waals surface area contributed by atoms with Gasteiger partial charge in [0.2, 0.25) is 0 Å². The molecule has 8 nitrogen and oxygen atoms in total. The number of aryl methyl sites for hydroxylation is 1. The van der Waals surface area contributed by atoms with Gasteiger partial charge >= 0.3 is 5.97 Å². The lowest BCUT2D eigenvalue weighted by molar-refractivity contribution is 0.0519. The number of ether oxygens (including phenoxy) is 1. The van der Waals surface area contributed by atoms with Crippen molar-refractivity contribution in [1.29, 1.82) is 0 Å².